The monoisotopic (exact) mass is 493 g/mol. The van der Waals surface area contributed by atoms with Crippen LogP contribution >= 0.6 is 10.0 Å². The van der Waals surface area contributed by atoms with Crippen molar-refractivity contribution in [2.24, 2.45) is 4.99 Å². The first-order valence-electron chi connectivity index (χ1n) is 10.8. The molecule has 0 atom stereocenters. The van der Waals surface area contributed by atoms with E-state index in [-0.39, 0.29) is 12.3 Å². The van der Waals surface area contributed by atoms with Gasteiger partial charge in [-0.25, -0.2) is 19.8 Å². The number of rotatable bonds is 10. The summed E-state index contributed by atoms with van der Waals surface area (Å²) in [6.07, 6.45) is 6.73. The number of methoxy groups -OCH3 is 3. The van der Waals surface area contributed by atoms with E-state index in [1.54, 1.807) is 28.3 Å². The molecule has 1 aliphatic rings. The molecule has 0 unspecified atom stereocenters. The van der Waals surface area contributed by atoms with Gasteiger partial charge in [-0.1, -0.05) is 0 Å². The minimum Gasteiger partial charge on any atom is -0.493 e. The number of aromatic carboxylic acids is 1. The summed E-state index contributed by atoms with van der Waals surface area (Å²) >= 11 is 0. The first kappa shape index (κ1) is 25.8. The third-order valence-corrected chi connectivity index (χ3v) is 7.13. The number of carboxylic acids is 1. The highest BCUT2D eigenvalue weighted by Crippen LogP contribution is 2.43. The predicted octanol–water partition coefficient (Wildman–Crippen LogP) is 3.76. The summed E-state index contributed by atoms with van der Waals surface area (Å²) in [7, 11) is 5.92. The molecule has 0 amide bonds. The lowest BCUT2D eigenvalue weighted by atomic mass is 10.1. The number of aromatic nitrogens is 1. The molecule has 3 rings (SSSR count). The maximum Gasteiger partial charge on any atom is 0.339 e. The lowest BCUT2D eigenvalue weighted by molar-refractivity contribution is 0.0693. The minimum absolute atomic E-state index is 0.177. The SMILES string of the molecule is COc1cc(C2=Nc3c(C(=O)O)c(C)n(COCCS(C)(C)C)c3N(C)C2)cc(OC)c1OC. The van der Waals surface area contributed by atoms with E-state index in [9.17, 15) is 9.90 Å². The van der Waals surface area contributed by atoms with Crippen LogP contribution in [0.1, 0.15) is 21.6 Å². The maximum atomic E-state index is 12.2. The smallest absolute Gasteiger partial charge is 0.339 e. The summed E-state index contributed by atoms with van der Waals surface area (Å²) in [4.78, 5) is 19.0. The molecular formula is C24H35N3O6S. The van der Waals surface area contributed by atoms with E-state index in [4.69, 9.17) is 23.9 Å². The van der Waals surface area contributed by atoms with E-state index in [0.717, 1.165) is 17.1 Å². The summed E-state index contributed by atoms with van der Waals surface area (Å²) in [6, 6.07) is 3.64. The minimum atomic E-state index is -1.02. The summed E-state index contributed by atoms with van der Waals surface area (Å²) in [5.41, 5.74) is 2.68. The number of ether oxygens (including phenoxy) is 4. The van der Waals surface area contributed by atoms with Crippen LogP contribution in [-0.4, -0.2) is 87.4 Å². The van der Waals surface area contributed by atoms with Crippen LogP contribution in [0.2, 0.25) is 0 Å². The normalized spacial score (nSPS) is 13.9. The molecule has 0 spiro atoms. The number of hydrogen-bond acceptors (Lipinski definition) is 7. The molecular weight excluding hydrogens is 458 g/mol. The molecule has 0 fully saturated rings. The molecule has 0 saturated carbocycles. The lowest BCUT2D eigenvalue weighted by Crippen LogP contribution is -2.31. The van der Waals surface area contributed by atoms with Gasteiger partial charge in [-0.3, -0.25) is 0 Å². The van der Waals surface area contributed by atoms with Crippen LogP contribution in [0.5, 0.6) is 17.2 Å². The van der Waals surface area contributed by atoms with Gasteiger partial charge in [0.05, 0.1) is 40.2 Å². The molecule has 1 aromatic carbocycles. The lowest BCUT2D eigenvalue weighted by Gasteiger charge is -2.28. The Labute approximate surface area is 202 Å². The van der Waals surface area contributed by atoms with Crippen molar-refractivity contribution >= 4 is 33.2 Å². The van der Waals surface area contributed by atoms with Crippen molar-refractivity contribution in [3.05, 3.63) is 29.0 Å². The van der Waals surface area contributed by atoms with Crippen LogP contribution in [0.25, 0.3) is 0 Å². The zero-order valence-electron chi connectivity index (χ0n) is 21.2. The fourth-order valence-corrected chi connectivity index (χ4v) is 4.57. The van der Waals surface area contributed by atoms with Crippen LogP contribution in [0.4, 0.5) is 11.5 Å². The van der Waals surface area contributed by atoms with E-state index in [1.165, 1.54) is 0 Å². The van der Waals surface area contributed by atoms with E-state index in [1.807, 2.05) is 28.6 Å². The Morgan fingerprint density at radius 2 is 1.74 bits per heavy atom. The fourth-order valence-electron chi connectivity index (χ4n) is 3.95. The number of aliphatic imine (C=N–C) groups is 1. The summed E-state index contributed by atoms with van der Waals surface area (Å²) in [5, 5.41) is 9.99. The Balaban J connectivity index is 2.06. The molecule has 9 nitrogen and oxygen atoms in total. The maximum absolute atomic E-state index is 12.2. The predicted molar refractivity (Wildman–Crippen MR) is 138 cm³/mol. The molecule has 0 bridgehead atoms. The Bertz CT molecular complexity index is 1080. The number of carbonyl (C=O) groups is 1. The topological polar surface area (TPSA) is 94.8 Å². The van der Waals surface area contributed by atoms with Gasteiger partial charge in [0.1, 0.15) is 23.8 Å². The standard InChI is InChI=1S/C24H35N3O6S/c1-15-20(24(28)29)21-23(27(15)14-33-9-10-34(6,7)8)26(2)13-17(25-21)16-11-18(30-3)22(32-5)19(12-16)31-4/h11-12H,9-10,13-14H2,1-8H3,(H,28,29). The third kappa shape index (κ3) is 5.12. The molecule has 1 aliphatic heterocycles. The van der Waals surface area contributed by atoms with Crippen LogP contribution in [0.15, 0.2) is 17.1 Å². The van der Waals surface area contributed by atoms with Crippen LogP contribution in [0, 0.1) is 6.92 Å². The largest absolute Gasteiger partial charge is 0.493 e. The van der Waals surface area contributed by atoms with Crippen molar-refractivity contribution in [3.63, 3.8) is 0 Å². The molecule has 0 saturated heterocycles. The van der Waals surface area contributed by atoms with Crippen molar-refractivity contribution in [3.8, 4) is 17.2 Å². The molecule has 0 aliphatic carbocycles. The molecule has 1 aromatic heterocycles. The highest BCUT2D eigenvalue weighted by atomic mass is 32.3. The van der Waals surface area contributed by atoms with Gasteiger partial charge >= 0.3 is 5.97 Å². The van der Waals surface area contributed by atoms with Crippen LogP contribution in [-0.2, 0) is 11.5 Å². The second-order valence-electron chi connectivity index (χ2n) is 9.03. The summed E-state index contributed by atoms with van der Waals surface area (Å²) < 4.78 is 24.2. The van der Waals surface area contributed by atoms with Crippen LogP contribution < -0.4 is 19.1 Å². The molecule has 2 heterocycles. The van der Waals surface area contributed by atoms with Crippen molar-refractivity contribution < 1.29 is 28.8 Å². The van der Waals surface area contributed by atoms with Crippen molar-refractivity contribution in [1.82, 2.24) is 4.57 Å². The van der Waals surface area contributed by atoms with Gasteiger partial charge in [-0.15, -0.1) is 0 Å². The summed E-state index contributed by atoms with van der Waals surface area (Å²) in [6.45, 7) is 3.16. The van der Waals surface area contributed by atoms with E-state index in [0.29, 0.717) is 47.5 Å². The van der Waals surface area contributed by atoms with Crippen molar-refractivity contribution in [2.45, 2.75) is 13.7 Å². The average molecular weight is 494 g/mol. The van der Waals surface area contributed by atoms with Crippen molar-refractivity contribution in [1.29, 1.82) is 0 Å². The number of likely N-dealkylation sites (N-methyl/N-ethyl adjacent to an activating group) is 1. The Kier molecular flexibility index (Phi) is 7.72. The van der Waals surface area contributed by atoms with E-state index < -0.39 is 16.0 Å². The number of carboxylic acid groups (broad SMARTS) is 1. The van der Waals surface area contributed by atoms with Gasteiger partial charge in [0, 0.05) is 24.1 Å². The fraction of sp³-hybridized carbons (Fsp3) is 0.500. The highest BCUT2D eigenvalue weighted by Gasteiger charge is 2.31. The second kappa shape index (κ2) is 10.2. The number of hydrogen-bond donors (Lipinski definition) is 1. The van der Waals surface area contributed by atoms with E-state index >= 15 is 0 Å². The van der Waals surface area contributed by atoms with Gasteiger partial charge in [-0.05, 0) is 37.8 Å². The number of fused-ring (bicyclic) bond motifs is 1. The van der Waals surface area contributed by atoms with Gasteiger partial charge in [0.15, 0.2) is 11.5 Å². The molecule has 10 heteroatoms. The Morgan fingerprint density at radius 1 is 1.12 bits per heavy atom. The number of anilines is 1. The van der Waals surface area contributed by atoms with Gasteiger partial charge in [0.2, 0.25) is 5.75 Å². The zero-order valence-corrected chi connectivity index (χ0v) is 22.0. The summed E-state index contributed by atoms with van der Waals surface area (Å²) in [5.74, 6) is 2.20. The second-order valence-corrected chi connectivity index (χ2v) is 13.6. The van der Waals surface area contributed by atoms with E-state index in [2.05, 4.69) is 18.8 Å². The quantitative estimate of drug-likeness (QED) is 0.504. The molecule has 2 aromatic rings. The highest BCUT2D eigenvalue weighted by molar-refractivity contribution is 8.32. The number of benzene rings is 1. The van der Waals surface area contributed by atoms with Gasteiger partial charge in [0.25, 0.3) is 0 Å². The first-order chi connectivity index (χ1) is 16.0. The van der Waals surface area contributed by atoms with Gasteiger partial charge < -0.3 is 33.5 Å². The molecule has 34 heavy (non-hydrogen) atoms. The average Bonchev–Trinajstić information content (AvgIpc) is 3.06. The third-order valence-electron chi connectivity index (χ3n) is 5.74. The Morgan fingerprint density at radius 3 is 2.24 bits per heavy atom. The molecule has 188 valence electrons. The van der Waals surface area contributed by atoms with Crippen LogP contribution in [0.3, 0.4) is 0 Å². The molecule has 1 N–H and O–H groups in total. The number of nitrogens with zero attached hydrogens (tertiary/aromatic N) is 3. The van der Waals surface area contributed by atoms with Crippen molar-refractivity contribution in [2.75, 3.05) is 70.9 Å². The molecule has 0 radical (unpaired) electrons. The zero-order chi connectivity index (χ0) is 25.2. The first-order valence-corrected chi connectivity index (χ1v) is 13.8. The Hall–Kier alpha value is -2.85. The van der Waals surface area contributed by atoms with Gasteiger partial charge in [-0.2, -0.15) is 0 Å².